The molecular formula is C10H15NO4. The molecule has 0 aliphatic carbocycles. The summed E-state index contributed by atoms with van der Waals surface area (Å²) < 4.78 is 9.92. The van der Waals surface area contributed by atoms with Gasteiger partial charge in [-0.3, -0.25) is 14.5 Å². The molecule has 0 aromatic carbocycles. The normalized spacial score (nSPS) is 32.2. The summed E-state index contributed by atoms with van der Waals surface area (Å²) >= 11 is 0. The predicted molar refractivity (Wildman–Crippen MR) is 51.3 cm³/mol. The molecule has 0 aromatic rings. The lowest BCUT2D eigenvalue weighted by atomic mass is 9.91. The molecule has 2 heterocycles. The van der Waals surface area contributed by atoms with Gasteiger partial charge in [-0.15, -0.1) is 0 Å². The van der Waals surface area contributed by atoms with Gasteiger partial charge >= 0.3 is 5.97 Å². The van der Waals surface area contributed by atoms with Crippen LogP contribution in [-0.2, 0) is 19.1 Å². The number of fused-ring (bicyclic) bond motifs is 1. The van der Waals surface area contributed by atoms with E-state index in [1.54, 1.807) is 0 Å². The average molecular weight is 213 g/mol. The molecule has 2 atom stereocenters. The maximum absolute atomic E-state index is 11.7. The van der Waals surface area contributed by atoms with Crippen LogP contribution in [0.25, 0.3) is 0 Å². The van der Waals surface area contributed by atoms with E-state index in [0.717, 1.165) is 6.54 Å². The van der Waals surface area contributed by atoms with Crippen molar-refractivity contribution in [1.82, 2.24) is 4.90 Å². The van der Waals surface area contributed by atoms with Gasteiger partial charge in [0.2, 0.25) is 0 Å². The van der Waals surface area contributed by atoms with Crippen molar-refractivity contribution in [3.63, 3.8) is 0 Å². The first kappa shape index (κ1) is 10.6. The van der Waals surface area contributed by atoms with E-state index >= 15 is 0 Å². The van der Waals surface area contributed by atoms with Crippen molar-refractivity contribution < 1.29 is 19.1 Å². The van der Waals surface area contributed by atoms with Crippen molar-refractivity contribution in [1.29, 1.82) is 0 Å². The van der Waals surface area contributed by atoms with Crippen molar-refractivity contribution in [2.45, 2.75) is 12.5 Å². The molecule has 2 saturated heterocycles. The lowest BCUT2D eigenvalue weighted by Crippen LogP contribution is -2.55. The number of esters is 1. The number of ketones is 1. The number of Topliss-reactive ketones (excluding diaryl/α,β-unsaturated/α-hetero) is 1. The standard InChI is InChI=1S/C10H15NO4/c1-14-10(13)8-5-11-2-3-15-6-7(11)4-9(8)12/h7-8H,2-6H2,1H3/t7-,8?/m0/s1. The number of rotatable bonds is 1. The highest BCUT2D eigenvalue weighted by molar-refractivity contribution is 6.00. The van der Waals surface area contributed by atoms with E-state index in [1.807, 2.05) is 0 Å². The predicted octanol–water partition coefficient (Wildman–Crippen LogP) is -0.551. The fourth-order valence-corrected chi connectivity index (χ4v) is 2.18. The Morgan fingerprint density at radius 3 is 3.13 bits per heavy atom. The number of carbonyl (C=O) groups is 2. The lowest BCUT2D eigenvalue weighted by molar-refractivity contribution is -0.155. The van der Waals surface area contributed by atoms with Crippen LogP contribution >= 0.6 is 0 Å². The smallest absolute Gasteiger partial charge is 0.317 e. The van der Waals surface area contributed by atoms with E-state index in [4.69, 9.17) is 4.74 Å². The Kier molecular flexibility index (Phi) is 3.02. The van der Waals surface area contributed by atoms with Crippen molar-refractivity contribution in [3.05, 3.63) is 0 Å². The molecule has 1 unspecified atom stereocenters. The summed E-state index contributed by atoms with van der Waals surface area (Å²) in [7, 11) is 1.32. The summed E-state index contributed by atoms with van der Waals surface area (Å²) in [4.78, 5) is 25.2. The highest BCUT2D eigenvalue weighted by atomic mass is 16.5. The monoisotopic (exact) mass is 213 g/mol. The van der Waals surface area contributed by atoms with E-state index in [0.29, 0.717) is 26.2 Å². The molecule has 0 bridgehead atoms. The van der Waals surface area contributed by atoms with Crippen molar-refractivity contribution >= 4 is 11.8 Å². The number of nitrogens with zero attached hydrogens (tertiary/aromatic N) is 1. The molecular weight excluding hydrogens is 198 g/mol. The van der Waals surface area contributed by atoms with E-state index in [-0.39, 0.29) is 11.8 Å². The first-order valence-electron chi connectivity index (χ1n) is 5.14. The summed E-state index contributed by atoms with van der Waals surface area (Å²) in [6, 6.07) is 0.159. The number of methoxy groups -OCH3 is 1. The quantitative estimate of drug-likeness (QED) is 0.432. The number of morpholine rings is 1. The number of ether oxygens (including phenoxy) is 2. The molecule has 0 radical (unpaired) electrons. The van der Waals surface area contributed by atoms with Crippen molar-refractivity contribution in [2.75, 3.05) is 33.4 Å². The lowest BCUT2D eigenvalue weighted by Gasteiger charge is -2.40. The number of carbonyl (C=O) groups excluding carboxylic acids is 2. The molecule has 0 N–H and O–H groups in total. The van der Waals surface area contributed by atoms with Gasteiger partial charge in [0.15, 0.2) is 0 Å². The molecule has 2 aliphatic heterocycles. The molecule has 2 fully saturated rings. The molecule has 0 saturated carbocycles. The summed E-state index contributed by atoms with van der Waals surface area (Å²) in [6.45, 7) is 2.56. The molecule has 0 aromatic heterocycles. The average Bonchev–Trinajstić information content (AvgIpc) is 2.27. The van der Waals surface area contributed by atoms with E-state index in [9.17, 15) is 9.59 Å². The van der Waals surface area contributed by atoms with Crippen molar-refractivity contribution in [3.8, 4) is 0 Å². The van der Waals surface area contributed by atoms with Crippen LogP contribution in [0.2, 0.25) is 0 Å². The third-order valence-electron chi connectivity index (χ3n) is 3.08. The number of piperidine rings is 1. The van der Waals surface area contributed by atoms with Gasteiger partial charge in [-0.25, -0.2) is 0 Å². The molecule has 2 rings (SSSR count). The first-order chi connectivity index (χ1) is 7.22. The number of hydrogen-bond donors (Lipinski definition) is 0. The minimum absolute atomic E-state index is 0.0198. The van der Waals surface area contributed by atoms with Gasteiger partial charge in [-0.05, 0) is 0 Å². The van der Waals surface area contributed by atoms with Gasteiger partial charge in [0.25, 0.3) is 0 Å². The van der Waals surface area contributed by atoms with Crippen LogP contribution in [0.4, 0.5) is 0 Å². The highest BCUT2D eigenvalue weighted by Crippen LogP contribution is 2.22. The van der Waals surface area contributed by atoms with E-state index in [2.05, 4.69) is 9.64 Å². The zero-order valence-corrected chi connectivity index (χ0v) is 8.77. The van der Waals surface area contributed by atoms with Crippen LogP contribution in [-0.4, -0.2) is 56.1 Å². The van der Waals surface area contributed by atoms with Gasteiger partial charge in [0, 0.05) is 25.6 Å². The summed E-state index contributed by atoms with van der Waals surface area (Å²) in [5.74, 6) is -1.03. The fourth-order valence-electron chi connectivity index (χ4n) is 2.18. The van der Waals surface area contributed by atoms with Crippen LogP contribution in [0.1, 0.15) is 6.42 Å². The Hall–Kier alpha value is -0.940. The first-order valence-corrected chi connectivity index (χ1v) is 5.14. The topological polar surface area (TPSA) is 55.8 Å². The Labute approximate surface area is 88.3 Å². The summed E-state index contributed by atoms with van der Waals surface area (Å²) in [5.41, 5.74) is 0. The third-order valence-corrected chi connectivity index (χ3v) is 3.08. The fraction of sp³-hybridized carbons (Fsp3) is 0.800. The highest BCUT2D eigenvalue weighted by Gasteiger charge is 2.39. The second-order valence-electron chi connectivity index (χ2n) is 3.97. The van der Waals surface area contributed by atoms with Gasteiger partial charge in [-0.2, -0.15) is 0 Å². The maximum Gasteiger partial charge on any atom is 0.317 e. The van der Waals surface area contributed by atoms with E-state index in [1.165, 1.54) is 7.11 Å². The van der Waals surface area contributed by atoms with Crippen LogP contribution in [0.15, 0.2) is 0 Å². The Morgan fingerprint density at radius 1 is 1.60 bits per heavy atom. The van der Waals surface area contributed by atoms with Crippen molar-refractivity contribution in [2.24, 2.45) is 5.92 Å². The molecule has 84 valence electrons. The Morgan fingerprint density at radius 2 is 2.40 bits per heavy atom. The SMILES string of the molecule is COC(=O)C1CN2CCOC[C@@H]2CC1=O. The zero-order valence-electron chi connectivity index (χ0n) is 8.77. The second-order valence-corrected chi connectivity index (χ2v) is 3.97. The Bertz CT molecular complexity index is 279. The molecule has 5 heteroatoms. The second kappa shape index (κ2) is 4.28. The van der Waals surface area contributed by atoms with Gasteiger partial charge in [0.05, 0.1) is 20.3 Å². The van der Waals surface area contributed by atoms with Crippen LogP contribution < -0.4 is 0 Å². The minimum atomic E-state index is -0.593. The maximum atomic E-state index is 11.7. The molecule has 2 aliphatic rings. The molecule has 0 spiro atoms. The largest absolute Gasteiger partial charge is 0.468 e. The van der Waals surface area contributed by atoms with Gasteiger partial charge < -0.3 is 9.47 Å². The molecule has 15 heavy (non-hydrogen) atoms. The van der Waals surface area contributed by atoms with Crippen LogP contribution in [0, 0.1) is 5.92 Å². The molecule has 5 nitrogen and oxygen atoms in total. The Balaban J connectivity index is 2.04. The van der Waals surface area contributed by atoms with Crippen LogP contribution in [0.5, 0.6) is 0 Å². The summed E-state index contributed by atoms with van der Waals surface area (Å²) in [6.07, 6.45) is 0.403. The van der Waals surface area contributed by atoms with Crippen LogP contribution in [0.3, 0.4) is 0 Å². The molecule has 0 amide bonds. The minimum Gasteiger partial charge on any atom is -0.468 e. The summed E-state index contributed by atoms with van der Waals surface area (Å²) in [5, 5.41) is 0. The number of hydrogen-bond acceptors (Lipinski definition) is 5. The zero-order chi connectivity index (χ0) is 10.8. The van der Waals surface area contributed by atoms with Gasteiger partial charge in [-0.1, -0.05) is 0 Å². The van der Waals surface area contributed by atoms with Gasteiger partial charge in [0.1, 0.15) is 11.7 Å². The van der Waals surface area contributed by atoms with E-state index < -0.39 is 11.9 Å². The third kappa shape index (κ3) is 2.03.